The van der Waals surface area contributed by atoms with Gasteiger partial charge in [-0.25, -0.2) is 0 Å². The number of ether oxygens (including phenoxy) is 2. The minimum Gasteiger partial charge on any atom is -0.458 e. The molecule has 0 fully saturated rings. The molecule has 61 heavy (non-hydrogen) atoms. The van der Waals surface area contributed by atoms with Gasteiger partial charge in [0.15, 0.2) is 0 Å². The summed E-state index contributed by atoms with van der Waals surface area (Å²) in [7, 11) is 0. The van der Waals surface area contributed by atoms with E-state index in [1.54, 1.807) is 0 Å². The van der Waals surface area contributed by atoms with Crippen molar-refractivity contribution in [2.24, 2.45) is 0 Å². The van der Waals surface area contributed by atoms with E-state index in [9.17, 15) is 0 Å². The van der Waals surface area contributed by atoms with Crippen LogP contribution in [0.4, 0.5) is 0 Å². The van der Waals surface area contributed by atoms with Gasteiger partial charge < -0.3 is 18.6 Å². The third-order valence-corrected chi connectivity index (χ3v) is 14.0. The Bertz CT molecular complexity index is 3560. The van der Waals surface area contributed by atoms with Gasteiger partial charge in [-0.2, -0.15) is 0 Å². The molecule has 0 amide bonds. The van der Waals surface area contributed by atoms with Crippen LogP contribution in [0.1, 0.15) is 5.56 Å². The number of nitrogens with zero attached hydrogens (tertiary/aromatic N) is 4. The molecule has 4 aliphatic heterocycles. The molecule has 8 heterocycles. The lowest BCUT2D eigenvalue weighted by molar-refractivity contribution is 0.459. The fraction of sp³-hybridized carbons (Fsp3) is 0.0189. The molecule has 7 aromatic carbocycles. The number of hydrogen-bond donors (Lipinski definition) is 0. The summed E-state index contributed by atoms with van der Waals surface area (Å²) in [6.45, 7) is 2.06. The lowest BCUT2D eigenvalue weighted by atomic mass is 9.31. The zero-order valence-corrected chi connectivity index (χ0v) is 32.8. The molecule has 0 radical (unpaired) electrons. The maximum atomic E-state index is 7.34. The number of para-hydroxylation sites is 4. The molecular formula is C53H30B2N4O2. The average Bonchev–Trinajstić information content (AvgIpc) is 3.86. The lowest BCUT2D eigenvalue weighted by Gasteiger charge is -2.38. The first-order valence-electron chi connectivity index (χ1n) is 21.0. The molecule has 0 atom stereocenters. The number of benzene rings is 7. The Balaban J connectivity index is 1.06. The number of fused-ring (bicyclic) bond motifs is 16. The van der Waals surface area contributed by atoms with E-state index in [0.29, 0.717) is 0 Å². The zero-order chi connectivity index (χ0) is 39.7. The maximum absolute atomic E-state index is 7.34. The Hall–Kier alpha value is -7.83. The normalized spacial score (nSPS) is 13.5. The molecule has 0 aliphatic carbocycles. The Kier molecular flexibility index (Phi) is 5.92. The van der Waals surface area contributed by atoms with Gasteiger partial charge in [-0.15, -0.1) is 0 Å². The van der Waals surface area contributed by atoms with E-state index in [1.807, 2.05) is 24.8 Å². The zero-order valence-electron chi connectivity index (χ0n) is 32.8. The summed E-state index contributed by atoms with van der Waals surface area (Å²) < 4.78 is 19.6. The largest absolute Gasteiger partial charge is 0.458 e. The highest BCUT2D eigenvalue weighted by molar-refractivity contribution is 7.02. The minimum atomic E-state index is -0.0643. The topological polar surface area (TPSA) is 54.1 Å². The van der Waals surface area contributed by atoms with E-state index in [1.165, 1.54) is 87.8 Å². The molecule has 0 spiro atoms. The van der Waals surface area contributed by atoms with Crippen LogP contribution in [-0.2, 0) is 0 Å². The van der Waals surface area contributed by atoms with Crippen LogP contribution in [-0.4, -0.2) is 32.5 Å². The van der Waals surface area contributed by atoms with Crippen molar-refractivity contribution in [1.29, 1.82) is 0 Å². The molecule has 8 heteroatoms. The Morgan fingerprint density at radius 2 is 0.885 bits per heavy atom. The van der Waals surface area contributed by atoms with E-state index in [4.69, 9.17) is 9.47 Å². The van der Waals surface area contributed by atoms with Gasteiger partial charge in [0, 0.05) is 63.3 Å². The highest BCUT2D eigenvalue weighted by atomic mass is 16.5. The number of aromatic nitrogens is 4. The molecule has 6 nitrogen and oxygen atoms in total. The van der Waals surface area contributed by atoms with Crippen LogP contribution in [0.15, 0.2) is 164 Å². The molecule has 0 saturated carbocycles. The van der Waals surface area contributed by atoms with Gasteiger partial charge in [-0.3, -0.25) is 9.97 Å². The number of rotatable bonds is 2. The smallest absolute Gasteiger partial charge is 0.256 e. The highest BCUT2D eigenvalue weighted by Gasteiger charge is 2.47. The fourth-order valence-corrected chi connectivity index (χ4v) is 11.7. The second-order valence-electron chi connectivity index (χ2n) is 16.8. The molecule has 0 unspecified atom stereocenters. The van der Waals surface area contributed by atoms with Crippen LogP contribution in [0, 0.1) is 6.92 Å². The summed E-state index contributed by atoms with van der Waals surface area (Å²) in [5.41, 5.74) is 20.0. The van der Waals surface area contributed by atoms with E-state index >= 15 is 0 Å². The first kappa shape index (κ1) is 32.1. The molecule has 0 saturated heterocycles. The minimum absolute atomic E-state index is 0.0643. The van der Waals surface area contributed by atoms with Crippen molar-refractivity contribution in [3.63, 3.8) is 0 Å². The van der Waals surface area contributed by atoms with Gasteiger partial charge in [0.1, 0.15) is 23.0 Å². The predicted molar refractivity (Wildman–Crippen MR) is 249 cm³/mol. The van der Waals surface area contributed by atoms with Gasteiger partial charge in [-0.1, -0.05) is 78.9 Å². The van der Waals surface area contributed by atoms with Crippen LogP contribution in [0.3, 0.4) is 0 Å². The second kappa shape index (κ2) is 11.3. The molecule has 11 aromatic rings. The van der Waals surface area contributed by atoms with Gasteiger partial charge >= 0.3 is 0 Å². The Morgan fingerprint density at radius 1 is 0.459 bits per heavy atom. The van der Waals surface area contributed by atoms with E-state index in [-0.39, 0.29) is 13.4 Å². The summed E-state index contributed by atoms with van der Waals surface area (Å²) in [6, 6.07) is 51.0. The summed E-state index contributed by atoms with van der Waals surface area (Å²) in [4.78, 5) is 8.77. The first-order chi connectivity index (χ1) is 30.2. The highest BCUT2D eigenvalue weighted by Crippen LogP contribution is 2.48. The van der Waals surface area contributed by atoms with Crippen LogP contribution in [0.2, 0.25) is 0 Å². The molecular weight excluding hydrogens is 746 g/mol. The fourth-order valence-electron chi connectivity index (χ4n) is 11.7. The van der Waals surface area contributed by atoms with Crippen LogP contribution >= 0.6 is 0 Å². The SMILES string of the molecule is Cc1c2c(cc3c1Oc1cc(-c4ccncc4)c4c5ccccc5n5c4c1B3c1ccccc1-5)B1c3ccccc3-n3c4ccccc4c4c(-c5ccncc5)cc(c1c43)O2. The quantitative estimate of drug-likeness (QED) is 0.166. The molecule has 4 aliphatic rings. The molecule has 4 aromatic heterocycles. The van der Waals surface area contributed by atoms with Gasteiger partial charge in [-0.05, 0) is 123 Å². The Labute approximate surface area is 350 Å². The van der Waals surface area contributed by atoms with Gasteiger partial charge in [0.25, 0.3) is 13.4 Å². The standard InChI is InChI=1S/C53H30B2N4O2/c1-29-52-38(54-36-12-4-8-16-42(36)58-40-14-6-2-10-32(40)46-34(30-18-22-56-23-19-30)26-44(60-52)48(54)50(46)58)28-39-53(29)61-45-27-35(31-20-24-57-25-21-31)47-33-11-3-7-15-41(33)59-43-17-9-5-13-37(43)55(39)49(45)51(47)59/h2-28H,1H3. The Morgan fingerprint density at radius 3 is 1.36 bits per heavy atom. The van der Waals surface area contributed by atoms with E-state index in [2.05, 4.69) is 166 Å². The molecule has 0 bridgehead atoms. The van der Waals surface area contributed by atoms with Crippen molar-refractivity contribution in [1.82, 2.24) is 19.1 Å². The van der Waals surface area contributed by atoms with Crippen molar-refractivity contribution in [2.45, 2.75) is 6.92 Å². The van der Waals surface area contributed by atoms with Crippen molar-refractivity contribution in [3.8, 4) is 56.6 Å². The molecule has 15 rings (SSSR count). The van der Waals surface area contributed by atoms with Gasteiger partial charge in [0.05, 0.1) is 22.1 Å². The first-order valence-corrected chi connectivity index (χ1v) is 21.0. The maximum Gasteiger partial charge on any atom is 0.256 e. The third-order valence-electron chi connectivity index (χ3n) is 14.0. The number of hydrogen-bond acceptors (Lipinski definition) is 4. The van der Waals surface area contributed by atoms with Crippen LogP contribution in [0.5, 0.6) is 23.0 Å². The second-order valence-corrected chi connectivity index (χ2v) is 16.8. The van der Waals surface area contributed by atoms with Crippen molar-refractivity contribution >= 4 is 89.8 Å². The summed E-state index contributed by atoms with van der Waals surface area (Å²) >= 11 is 0. The summed E-state index contributed by atoms with van der Waals surface area (Å²) in [5.74, 6) is 3.49. The van der Waals surface area contributed by atoms with Crippen molar-refractivity contribution < 1.29 is 9.47 Å². The molecule has 0 N–H and O–H groups in total. The van der Waals surface area contributed by atoms with Crippen molar-refractivity contribution in [3.05, 3.63) is 170 Å². The number of pyridine rings is 2. The third kappa shape index (κ3) is 3.87. The van der Waals surface area contributed by atoms with Crippen molar-refractivity contribution in [2.75, 3.05) is 0 Å². The van der Waals surface area contributed by atoms with Crippen LogP contribution < -0.4 is 42.3 Å². The summed E-state index contributed by atoms with van der Waals surface area (Å²) in [5, 5.41) is 4.93. The van der Waals surface area contributed by atoms with Gasteiger partial charge in [0.2, 0.25) is 0 Å². The predicted octanol–water partition coefficient (Wildman–Crippen LogP) is 8.18. The average molecular weight is 776 g/mol. The van der Waals surface area contributed by atoms with Crippen LogP contribution in [0.25, 0.3) is 77.2 Å². The van der Waals surface area contributed by atoms with E-state index < -0.39 is 0 Å². The molecule has 280 valence electrons. The monoisotopic (exact) mass is 776 g/mol. The summed E-state index contributed by atoms with van der Waals surface area (Å²) in [6.07, 6.45) is 7.51. The van der Waals surface area contributed by atoms with E-state index in [0.717, 1.165) is 50.8 Å². The lowest BCUT2D eigenvalue weighted by Crippen LogP contribution is -2.62.